The number of hydrogen-bond acceptors (Lipinski definition) is 5. The predicted molar refractivity (Wildman–Crippen MR) is 146 cm³/mol. The van der Waals surface area contributed by atoms with Gasteiger partial charge in [-0.1, -0.05) is 13.3 Å². The molecule has 3 rings (SSSR count). The summed E-state index contributed by atoms with van der Waals surface area (Å²) < 4.78 is 45.4. The summed E-state index contributed by atoms with van der Waals surface area (Å²) in [4.78, 5) is 42.3. The van der Waals surface area contributed by atoms with Crippen molar-refractivity contribution in [2.24, 2.45) is 5.92 Å². The first-order valence-corrected chi connectivity index (χ1v) is 14.0. The van der Waals surface area contributed by atoms with Crippen LogP contribution in [0.5, 0.6) is 0 Å². The van der Waals surface area contributed by atoms with E-state index in [0.29, 0.717) is 50.4 Å². The zero-order valence-corrected chi connectivity index (χ0v) is 23.8. The molecule has 4 amide bonds. The molecular formula is C28H42F3N5O4. The maximum absolute atomic E-state index is 13.4. The van der Waals surface area contributed by atoms with E-state index in [4.69, 9.17) is 4.74 Å². The second-order valence-corrected chi connectivity index (χ2v) is 10.9. The molecule has 1 aromatic rings. The molecule has 1 saturated heterocycles. The fourth-order valence-corrected chi connectivity index (χ4v) is 5.40. The molecule has 12 heteroatoms. The summed E-state index contributed by atoms with van der Waals surface area (Å²) in [6.07, 6.45) is 0.00278. The van der Waals surface area contributed by atoms with Gasteiger partial charge in [-0.2, -0.15) is 13.2 Å². The summed E-state index contributed by atoms with van der Waals surface area (Å²) in [7, 11) is 2.12. The van der Waals surface area contributed by atoms with Crippen LogP contribution in [-0.2, 0) is 15.7 Å². The SMILES string of the molecule is CCC[C@@H]1C[C@H](N(C)C(C)C)CC[C@@H]1NC(=O)CNC(=O)c1cc(C(F)(F)F)ccc1NC(=O)N1CCOCC1. The number of hydrogen-bond donors (Lipinski definition) is 3. The van der Waals surface area contributed by atoms with Crippen molar-refractivity contribution < 1.29 is 32.3 Å². The summed E-state index contributed by atoms with van der Waals surface area (Å²) in [5, 5.41) is 8.00. The van der Waals surface area contributed by atoms with Crippen molar-refractivity contribution in [2.75, 3.05) is 45.2 Å². The molecule has 224 valence electrons. The molecule has 1 heterocycles. The minimum Gasteiger partial charge on any atom is -0.378 e. The van der Waals surface area contributed by atoms with Crippen molar-refractivity contribution in [1.29, 1.82) is 0 Å². The number of ether oxygens (including phenoxy) is 1. The summed E-state index contributed by atoms with van der Waals surface area (Å²) in [6, 6.07) is 2.83. The van der Waals surface area contributed by atoms with Gasteiger partial charge in [-0.05, 0) is 70.7 Å². The summed E-state index contributed by atoms with van der Waals surface area (Å²) in [5.74, 6) is -0.984. The Morgan fingerprint density at radius 1 is 1.15 bits per heavy atom. The van der Waals surface area contributed by atoms with Gasteiger partial charge in [0.25, 0.3) is 5.91 Å². The predicted octanol–water partition coefficient (Wildman–Crippen LogP) is 4.09. The Kier molecular flexibility index (Phi) is 11.2. The van der Waals surface area contributed by atoms with Crippen LogP contribution in [0, 0.1) is 5.92 Å². The van der Waals surface area contributed by atoms with Crippen molar-refractivity contribution in [2.45, 2.75) is 77.2 Å². The fraction of sp³-hybridized carbons (Fsp3) is 0.679. The Labute approximate surface area is 234 Å². The average molecular weight is 570 g/mol. The van der Waals surface area contributed by atoms with Crippen molar-refractivity contribution >= 4 is 23.5 Å². The molecule has 0 bridgehead atoms. The Hall–Kier alpha value is -2.86. The van der Waals surface area contributed by atoms with Crippen LogP contribution in [0.3, 0.4) is 0 Å². The Morgan fingerprint density at radius 3 is 2.48 bits per heavy atom. The molecule has 0 unspecified atom stereocenters. The summed E-state index contributed by atoms with van der Waals surface area (Å²) in [6.45, 7) is 7.38. The largest absolute Gasteiger partial charge is 0.416 e. The van der Waals surface area contributed by atoms with E-state index in [2.05, 4.69) is 48.7 Å². The van der Waals surface area contributed by atoms with Crippen molar-refractivity contribution in [3.8, 4) is 0 Å². The highest BCUT2D eigenvalue weighted by Gasteiger charge is 2.34. The van der Waals surface area contributed by atoms with E-state index in [1.165, 1.54) is 4.90 Å². The molecule has 0 radical (unpaired) electrons. The second-order valence-electron chi connectivity index (χ2n) is 10.9. The molecular weight excluding hydrogens is 527 g/mol. The molecule has 1 aliphatic heterocycles. The second kappa shape index (κ2) is 14.2. The van der Waals surface area contributed by atoms with Crippen LogP contribution < -0.4 is 16.0 Å². The van der Waals surface area contributed by atoms with Gasteiger partial charge in [0.2, 0.25) is 5.91 Å². The van der Waals surface area contributed by atoms with Gasteiger partial charge in [0.05, 0.1) is 36.6 Å². The third kappa shape index (κ3) is 8.57. The zero-order chi connectivity index (χ0) is 29.4. The van der Waals surface area contributed by atoms with Gasteiger partial charge >= 0.3 is 12.2 Å². The van der Waals surface area contributed by atoms with E-state index in [-0.39, 0.29) is 17.3 Å². The quantitative estimate of drug-likeness (QED) is 0.416. The highest BCUT2D eigenvalue weighted by molar-refractivity contribution is 6.04. The number of alkyl halides is 3. The van der Waals surface area contributed by atoms with E-state index in [1.54, 1.807) is 0 Å². The number of carbonyl (C=O) groups excluding carboxylic acids is 3. The molecule has 1 aliphatic carbocycles. The van der Waals surface area contributed by atoms with Crippen LogP contribution in [0.2, 0.25) is 0 Å². The van der Waals surface area contributed by atoms with Crippen molar-refractivity contribution in [3.05, 3.63) is 29.3 Å². The molecule has 2 aliphatic rings. The monoisotopic (exact) mass is 569 g/mol. The normalized spacial score (nSPS) is 21.8. The Morgan fingerprint density at radius 2 is 1.85 bits per heavy atom. The van der Waals surface area contributed by atoms with Gasteiger partial charge in [-0.3, -0.25) is 9.59 Å². The van der Waals surface area contributed by atoms with Gasteiger partial charge in [-0.25, -0.2) is 4.79 Å². The number of amides is 4. The molecule has 1 aromatic carbocycles. The van der Waals surface area contributed by atoms with Crippen LogP contribution in [0.15, 0.2) is 18.2 Å². The number of morpholine rings is 1. The number of rotatable bonds is 9. The summed E-state index contributed by atoms with van der Waals surface area (Å²) in [5.41, 5.74) is -1.47. The van der Waals surface area contributed by atoms with Crippen molar-refractivity contribution in [1.82, 2.24) is 20.4 Å². The van der Waals surface area contributed by atoms with E-state index in [9.17, 15) is 27.6 Å². The number of carbonyl (C=O) groups is 3. The summed E-state index contributed by atoms with van der Waals surface area (Å²) >= 11 is 0. The van der Waals surface area contributed by atoms with Crippen LogP contribution >= 0.6 is 0 Å². The first-order chi connectivity index (χ1) is 18.9. The van der Waals surface area contributed by atoms with Gasteiger partial charge < -0.3 is 30.5 Å². The van der Waals surface area contributed by atoms with Crippen LogP contribution in [0.25, 0.3) is 0 Å². The first-order valence-electron chi connectivity index (χ1n) is 14.0. The minimum absolute atomic E-state index is 0.0295. The van der Waals surface area contributed by atoms with E-state index in [0.717, 1.165) is 44.2 Å². The molecule has 3 atom stereocenters. The highest BCUT2D eigenvalue weighted by Crippen LogP contribution is 2.33. The number of anilines is 1. The Balaban J connectivity index is 1.65. The number of halogens is 3. The van der Waals surface area contributed by atoms with E-state index >= 15 is 0 Å². The third-order valence-electron chi connectivity index (χ3n) is 7.89. The maximum atomic E-state index is 13.4. The average Bonchev–Trinajstić information content (AvgIpc) is 2.92. The van der Waals surface area contributed by atoms with E-state index < -0.39 is 36.1 Å². The van der Waals surface area contributed by atoms with Crippen molar-refractivity contribution in [3.63, 3.8) is 0 Å². The molecule has 0 aromatic heterocycles. The minimum atomic E-state index is -4.68. The van der Waals surface area contributed by atoms with Crippen LogP contribution in [-0.4, -0.2) is 85.7 Å². The molecule has 0 spiro atoms. The molecule has 40 heavy (non-hydrogen) atoms. The van der Waals surface area contributed by atoms with Crippen LogP contribution in [0.1, 0.15) is 68.8 Å². The highest BCUT2D eigenvalue weighted by atomic mass is 19.4. The lowest BCUT2D eigenvalue weighted by Crippen LogP contribution is -2.51. The smallest absolute Gasteiger partial charge is 0.378 e. The first kappa shape index (κ1) is 31.7. The lowest BCUT2D eigenvalue weighted by Gasteiger charge is -2.41. The maximum Gasteiger partial charge on any atom is 0.416 e. The standard InChI is InChI=1S/C28H42F3N5O4/c1-5-6-19-15-21(35(4)18(2)3)8-10-23(19)33-25(37)17-32-26(38)22-16-20(28(29,30)31)7-9-24(22)34-27(39)36-11-13-40-14-12-36/h7,9,16,18-19,21,23H,5-6,8,10-15,17H2,1-4H3,(H,32,38)(H,33,37)(H,34,39)/t19-,21-,23+/m1/s1. The Bertz CT molecular complexity index is 1030. The topological polar surface area (TPSA) is 103 Å². The number of nitrogens with zero attached hydrogens (tertiary/aromatic N) is 2. The fourth-order valence-electron chi connectivity index (χ4n) is 5.40. The van der Waals surface area contributed by atoms with Gasteiger partial charge in [0.1, 0.15) is 0 Å². The third-order valence-corrected chi connectivity index (χ3v) is 7.89. The van der Waals surface area contributed by atoms with Gasteiger partial charge in [0, 0.05) is 31.2 Å². The zero-order valence-electron chi connectivity index (χ0n) is 23.8. The van der Waals surface area contributed by atoms with Crippen LogP contribution in [0.4, 0.5) is 23.7 Å². The number of urea groups is 1. The lowest BCUT2D eigenvalue weighted by molar-refractivity contribution is -0.137. The number of nitrogens with one attached hydrogen (secondary N) is 3. The number of benzene rings is 1. The van der Waals surface area contributed by atoms with E-state index in [1.807, 2.05) is 0 Å². The van der Waals surface area contributed by atoms with Gasteiger partial charge in [0.15, 0.2) is 0 Å². The van der Waals surface area contributed by atoms with Gasteiger partial charge in [-0.15, -0.1) is 0 Å². The molecule has 1 saturated carbocycles. The molecule has 3 N–H and O–H groups in total. The molecule has 9 nitrogen and oxygen atoms in total. The molecule has 2 fully saturated rings. The lowest BCUT2D eigenvalue weighted by atomic mass is 9.78.